The van der Waals surface area contributed by atoms with Gasteiger partial charge in [0.25, 0.3) is 0 Å². The summed E-state index contributed by atoms with van der Waals surface area (Å²) in [6, 6.07) is 7.25. The van der Waals surface area contributed by atoms with Gasteiger partial charge in [-0.05, 0) is 18.3 Å². The highest BCUT2D eigenvalue weighted by Gasteiger charge is 1.92. The molecule has 1 N–H and O–H groups in total. The van der Waals surface area contributed by atoms with Gasteiger partial charge in [0, 0.05) is 19.7 Å². The van der Waals surface area contributed by atoms with Crippen molar-refractivity contribution >= 4 is 6.08 Å². The Morgan fingerprint density at radius 2 is 1.92 bits per heavy atom. The predicted octanol–water partition coefficient (Wildman–Crippen LogP) is 1.92. The van der Waals surface area contributed by atoms with Crippen LogP contribution in [0.15, 0.2) is 30.5 Å². The molecule has 0 spiro atoms. The van der Waals surface area contributed by atoms with Crippen LogP contribution in [-0.2, 0) is 0 Å². The molecule has 0 saturated heterocycles. The molecular formula is C10H13NO. The second-order valence-electron chi connectivity index (χ2n) is 2.84. The van der Waals surface area contributed by atoms with E-state index in [1.54, 1.807) is 6.07 Å². The maximum atomic E-state index is 9.35. The van der Waals surface area contributed by atoms with E-state index in [2.05, 4.69) is 0 Å². The lowest BCUT2D eigenvalue weighted by atomic mass is 10.2. The van der Waals surface area contributed by atoms with E-state index >= 15 is 0 Å². The minimum Gasteiger partial charge on any atom is -0.507 e. The van der Waals surface area contributed by atoms with Crippen molar-refractivity contribution in [3.63, 3.8) is 0 Å². The molecular weight excluding hydrogens is 150 g/mol. The Morgan fingerprint density at radius 1 is 1.25 bits per heavy atom. The molecule has 0 heterocycles. The number of hydrogen-bond acceptors (Lipinski definition) is 2. The molecule has 0 bridgehead atoms. The summed E-state index contributed by atoms with van der Waals surface area (Å²) in [5.41, 5.74) is 0.839. The molecule has 2 nitrogen and oxygen atoms in total. The van der Waals surface area contributed by atoms with Crippen LogP contribution in [0.5, 0.6) is 5.75 Å². The van der Waals surface area contributed by atoms with Gasteiger partial charge in [0.1, 0.15) is 5.75 Å². The van der Waals surface area contributed by atoms with Crippen LogP contribution in [0.3, 0.4) is 0 Å². The quantitative estimate of drug-likeness (QED) is 0.720. The van der Waals surface area contributed by atoms with Crippen molar-refractivity contribution in [2.45, 2.75) is 0 Å². The van der Waals surface area contributed by atoms with Crippen LogP contribution in [0, 0.1) is 0 Å². The van der Waals surface area contributed by atoms with Crippen LogP contribution >= 0.6 is 0 Å². The molecule has 2 heteroatoms. The van der Waals surface area contributed by atoms with E-state index in [1.807, 2.05) is 49.5 Å². The van der Waals surface area contributed by atoms with E-state index < -0.39 is 0 Å². The summed E-state index contributed by atoms with van der Waals surface area (Å²) >= 11 is 0. The second kappa shape index (κ2) is 3.81. The first-order valence-electron chi connectivity index (χ1n) is 3.83. The molecule has 0 radical (unpaired) electrons. The standard InChI is InChI=1S/C10H13NO/c1-11(2)8-7-9-5-3-4-6-10(9)12/h3-8,12H,1-2H3. The summed E-state index contributed by atoms with van der Waals surface area (Å²) in [6.45, 7) is 0. The Hall–Kier alpha value is -1.44. The highest BCUT2D eigenvalue weighted by molar-refractivity contribution is 5.56. The fourth-order valence-electron chi connectivity index (χ4n) is 0.858. The third-order valence-corrected chi connectivity index (χ3v) is 1.49. The number of rotatable bonds is 2. The monoisotopic (exact) mass is 163 g/mol. The van der Waals surface area contributed by atoms with Gasteiger partial charge in [0.15, 0.2) is 0 Å². The molecule has 1 aromatic rings. The lowest BCUT2D eigenvalue weighted by molar-refractivity contribution is 0.474. The lowest BCUT2D eigenvalue weighted by Gasteiger charge is -2.03. The summed E-state index contributed by atoms with van der Waals surface area (Å²) in [5.74, 6) is 0.315. The SMILES string of the molecule is CN(C)C=Cc1ccccc1O. The summed E-state index contributed by atoms with van der Waals surface area (Å²) in [4.78, 5) is 1.92. The van der Waals surface area contributed by atoms with Crippen molar-refractivity contribution in [3.05, 3.63) is 36.0 Å². The van der Waals surface area contributed by atoms with Crippen LogP contribution in [-0.4, -0.2) is 24.1 Å². The first-order valence-corrected chi connectivity index (χ1v) is 3.83. The Balaban J connectivity index is 2.82. The fourth-order valence-corrected chi connectivity index (χ4v) is 0.858. The van der Waals surface area contributed by atoms with E-state index in [0.717, 1.165) is 5.56 Å². The second-order valence-corrected chi connectivity index (χ2v) is 2.84. The number of nitrogens with zero attached hydrogens (tertiary/aromatic N) is 1. The van der Waals surface area contributed by atoms with Gasteiger partial charge in [0.2, 0.25) is 0 Å². The van der Waals surface area contributed by atoms with Gasteiger partial charge in [0.05, 0.1) is 0 Å². The molecule has 0 aliphatic heterocycles. The molecule has 0 atom stereocenters. The molecule has 1 aromatic carbocycles. The first-order chi connectivity index (χ1) is 5.70. The zero-order valence-electron chi connectivity index (χ0n) is 7.36. The maximum absolute atomic E-state index is 9.35. The lowest BCUT2D eigenvalue weighted by Crippen LogP contribution is -1.99. The minimum atomic E-state index is 0.315. The summed E-state index contributed by atoms with van der Waals surface area (Å²) in [5, 5.41) is 9.35. The van der Waals surface area contributed by atoms with Crippen molar-refractivity contribution in [1.29, 1.82) is 0 Å². The van der Waals surface area contributed by atoms with Gasteiger partial charge in [-0.25, -0.2) is 0 Å². The summed E-state index contributed by atoms with van der Waals surface area (Å²) < 4.78 is 0. The topological polar surface area (TPSA) is 23.5 Å². The predicted molar refractivity (Wildman–Crippen MR) is 50.8 cm³/mol. The van der Waals surface area contributed by atoms with Gasteiger partial charge < -0.3 is 10.0 Å². The number of hydrogen-bond donors (Lipinski definition) is 1. The van der Waals surface area contributed by atoms with Crippen molar-refractivity contribution in [2.75, 3.05) is 14.1 Å². The third-order valence-electron chi connectivity index (χ3n) is 1.49. The van der Waals surface area contributed by atoms with Crippen LogP contribution in [0.2, 0.25) is 0 Å². The Labute approximate surface area is 72.8 Å². The number of phenolic OH excluding ortho intramolecular Hbond substituents is 1. The van der Waals surface area contributed by atoms with Gasteiger partial charge in [-0.15, -0.1) is 0 Å². The van der Waals surface area contributed by atoms with Crippen molar-refractivity contribution < 1.29 is 5.11 Å². The molecule has 12 heavy (non-hydrogen) atoms. The maximum Gasteiger partial charge on any atom is 0.122 e. The van der Waals surface area contributed by atoms with Crippen LogP contribution in [0.25, 0.3) is 6.08 Å². The molecule has 0 unspecified atom stereocenters. The van der Waals surface area contributed by atoms with E-state index in [9.17, 15) is 5.11 Å². The highest BCUT2D eigenvalue weighted by Crippen LogP contribution is 2.16. The van der Waals surface area contributed by atoms with Gasteiger partial charge >= 0.3 is 0 Å². The van der Waals surface area contributed by atoms with Crippen LogP contribution < -0.4 is 0 Å². The largest absolute Gasteiger partial charge is 0.507 e. The summed E-state index contributed by atoms with van der Waals surface area (Å²) in [6.07, 6.45) is 3.77. The molecule has 1 rings (SSSR count). The fraction of sp³-hybridized carbons (Fsp3) is 0.200. The molecule has 0 saturated carbocycles. The van der Waals surface area contributed by atoms with Gasteiger partial charge in [-0.1, -0.05) is 18.2 Å². The Kier molecular flexibility index (Phi) is 2.75. The average Bonchev–Trinajstić information content (AvgIpc) is 2.03. The molecule has 0 aromatic heterocycles. The van der Waals surface area contributed by atoms with Crippen molar-refractivity contribution in [2.24, 2.45) is 0 Å². The summed E-state index contributed by atoms with van der Waals surface area (Å²) in [7, 11) is 3.88. The molecule has 0 aliphatic carbocycles. The van der Waals surface area contributed by atoms with E-state index in [4.69, 9.17) is 0 Å². The Bertz CT molecular complexity index is 279. The zero-order chi connectivity index (χ0) is 8.97. The zero-order valence-corrected chi connectivity index (χ0v) is 7.36. The Morgan fingerprint density at radius 3 is 2.50 bits per heavy atom. The van der Waals surface area contributed by atoms with Gasteiger partial charge in [-0.2, -0.15) is 0 Å². The van der Waals surface area contributed by atoms with Crippen molar-refractivity contribution in [1.82, 2.24) is 4.90 Å². The molecule has 0 aliphatic rings. The van der Waals surface area contributed by atoms with Crippen LogP contribution in [0.1, 0.15) is 5.56 Å². The number of aromatic hydroxyl groups is 1. The van der Waals surface area contributed by atoms with Crippen LogP contribution in [0.4, 0.5) is 0 Å². The van der Waals surface area contributed by atoms with E-state index in [-0.39, 0.29) is 0 Å². The number of benzene rings is 1. The van der Waals surface area contributed by atoms with Gasteiger partial charge in [-0.3, -0.25) is 0 Å². The molecule has 0 fully saturated rings. The normalized spacial score (nSPS) is 10.5. The number of phenols is 1. The smallest absolute Gasteiger partial charge is 0.122 e. The number of para-hydroxylation sites is 1. The van der Waals surface area contributed by atoms with E-state index in [1.165, 1.54) is 0 Å². The first kappa shape index (κ1) is 8.65. The third kappa shape index (κ3) is 2.31. The highest BCUT2D eigenvalue weighted by atomic mass is 16.3. The van der Waals surface area contributed by atoms with E-state index in [0.29, 0.717) is 5.75 Å². The van der Waals surface area contributed by atoms with Crippen molar-refractivity contribution in [3.8, 4) is 5.75 Å². The average molecular weight is 163 g/mol. The molecule has 0 amide bonds. The minimum absolute atomic E-state index is 0.315. The molecule has 64 valence electrons.